The number of aromatic nitrogens is 2. The lowest BCUT2D eigenvalue weighted by molar-refractivity contribution is -0.902. The van der Waals surface area contributed by atoms with Crippen molar-refractivity contribution >= 4 is 39.8 Å². The predicted octanol–water partition coefficient (Wildman–Crippen LogP) is 2.13. The van der Waals surface area contributed by atoms with E-state index >= 15 is 0 Å². The lowest BCUT2D eigenvalue weighted by Gasteiger charge is -2.32. The Labute approximate surface area is 169 Å². The molecule has 2 N–H and O–H groups in total. The van der Waals surface area contributed by atoms with Gasteiger partial charge in [-0.05, 0) is 39.3 Å². The molecule has 1 saturated heterocycles. The van der Waals surface area contributed by atoms with Gasteiger partial charge in [0.2, 0.25) is 11.0 Å². The number of likely N-dealkylation sites (N-methyl/N-ethyl adjacent to an activating group) is 1. The average molecular weight is 407 g/mol. The number of rotatable bonds is 6. The number of nitrogens with zero attached hydrogens (tertiary/aromatic N) is 3. The van der Waals surface area contributed by atoms with Crippen LogP contribution in [0.25, 0.3) is 0 Å². The lowest BCUT2D eigenvalue weighted by atomic mass is 10.1. The molecule has 6 nitrogen and oxygen atoms in total. The van der Waals surface area contributed by atoms with E-state index in [1.807, 2.05) is 11.8 Å². The van der Waals surface area contributed by atoms with Gasteiger partial charge in [-0.1, -0.05) is 40.8 Å². The number of amides is 1. The Balaban J connectivity index is 1.56. The quantitative estimate of drug-likeness (QED) is 0.720. The summed E-state index contributed by atoms with van der Waals surface area (Å²) in [6.07, 6.45) is 0. The monoisotopic (exact) mass is 406 g/mol. The Morgan fingerprint density at radius 2 is 2.07 bits per heavy atom. The van der Waals surface area contributed by atoms with Crippen LogP contribution in [0.3, 0.4) is 0 Å². The highest BCUT2D eigenvalue weighted by Crippen LogP contribution is 2.31. The minimum absolute atomic E-state index is 0.143. The van der Waals surface area contributed by atoms with Gasteiger partial charge >= 0.3 is 0 Å². The molecule has 27 heavy (non-hydrogen) atoms. The van der Waals surface area contributed by atoms with Crippen LogP contribution < -0.4 is 10.2 Å². The fourth-order valence-corrected chi connectivity index (χ4v) is 5.22. The number of piperazine rings is 1. The van der Waals surface area contributed by atoms with Crippen molar-refractivity contribution in [3.63, 3.8) is 0 Å². The van der Waals surface area contributed by atoms with Gasteiger partial charge in [0.15, 0.2) is 4.34 Å². The van der Waals surface area contributed by atoms with E-state index in [2.05, 4.69) is 54.5 Å². The minimum Gasteiger partial charge on any atom is -0.332 e. The zero-order chi connectivity index (χ0) is 19.4. The molecule has 0 bridgehead atoms. The highest BCUT2D eigenvalue weighted by atomic mass is 32.2. The smallest absolute Gasteiger partial charge is 0.236 e. The van der Waals surface area contributed by atoms with Gasteiger partial charge in [0.25, 0.3) is 0 Å². The highest BCUT2D eigenvalue weighted by Gasteiger charge is 2.27. The Bertz CT molecular complexity index is 786. The van der Waals surface area contributed by atoms with Crippen LogP contribution in [0.4, 0.5) is 10.8 Å². The molecule has 1 aliphatic rings. The van der Waals surface area contributed by atoms with E-state index in [-0.39, 0.29) is 11.2 Å². The van der Waals surface area contributed by atoms with Gasteiger partial charge in [-0.15, -0.1) is 10.2 Å². The molecule has 0 saturated carbocycles. The molecule has 3 rings (SSSR count). The third-order valence-electron chi connectivity index (χ3n) is 4.94. The molecule has 1 aromatic carbocycles. The van der Waals surface area contributed by atoms with Gasteiger partial charge in [0.1, 0.15) is 0 Å². The average Bonchev–Trinajstić information content (AvgIpc) is 3.10. The Morgan fingerprint density at radius 1 is 1.33 bits per heavy atom. The molecule has 0 radical (unpaired) electrons. The van der Waals surface area contributed by atoms with Crippen LogP contribution in [0.15, 0.2) is 22.5 Å². The van der Waals surface area contributed by atoms with E-state index in [4.69, 9.17) is 0 Å². The summed E-state index contributed by atoms with van der Waals surface area (Å²) in [7, 11) is 0. The first-order valence-electron chi connectivity index (χ1n) is 9.43. The van der Waals surface area contributed by atoms with Gasteiger partial charge in [0.05, 0.1) is 38.0 Å². The zero-order valence-electron chi connectivity index (χ0n) is 16.4. The van der Waals surface area contributed by atoms with Crippen molar-refractivity contribution in [2.75, 3.05) is 38.0 Å². The molecular weight excluding hydrogens is 378 g/mol. The van der Waals surface area contributed by atoms with Crippen LogP contribution in [0.1, 0.15) is 25.0 Å². The molecule has 146 valence electrons. The predicted molar refractivity (Wildman–Crippen MR) is 112 cm³/mol. The number of anilines is 2. The normalized spacial score (nSPS) is 16.4. The Morgan fingerprint density at radius 3 is 2.74 bits per heavy atom. The van der Waals surface area contributed by atoms with Crippen LogP contribution >= 0.6 is 23.1 Å². The Hall–Kier alpha value is -1.64. The number of thioether (sulfide) groups is 1. The van der Waals surface area contributed by atoms with E-state index in [0.29, 0.717) is 0 Å². The molecule has 8 heteroatoms. The number of hydrogen-bond donors (Lipinski definition) is 2. The molecule has 2 aromatic rings. The molecule has 0 aliphatic carbocycles. The fraction of sp³-hybridized carbons (Fsp3) is 0.526. The molecule has 1 amide bonds. The van der Waals surface area contributed by atoms with E-state index in [1.54, 1.807) is 4.90 Å². The standard InChI is InChI=1S/C19H27N5OS2/c1-5-23-8-10-24(11-9-23)17(25)15(4)26-19-22-21-18(27-19)20-16-7-6-13(2)12-14(16)3/h6-7,12,15H,5,8-11H2,1-4H3,(H,20,21)/p+1/t15-/m0/s1. The second-order valence-corrected chi connectivity index (χ2v) is 9.57. The molecular formula is C19H28N5OS2+. The first kappa shape index (κ1) is 20.1. The number of carbonyl (C=O) groups is 1. The third kappa shape index (κ3) is 5.21. The van der Waals surface area contributed by atoms with E-state index in [1.165, 1.54) is 34.2 Å². The summed E-state index contributed by atoms with van der Waals surface area (Å²) in [6.45, 7) is 13.2. The molecule has 1 aliphatic heterocycles. The number of aryl methyl sites for hydroxylation is 2. The van der Waals surface area contributed by atoms with Crippen molar-refractivity contribution < 1.29 is 9.69 Å². The zero-order valence-corrected chi connectivity index (χ0v) is 18.0. The molecule has 1 fully saturated rings. The summed E-state index contributed by atoms with van der Waals surface area (Å²) in [5.74, 6) is 0.203. The first-order chi connectivity index (χ1) is 13.0. The van der Waals surface area contributed by atoms with E-state index < -0.39 is 0 Å². The van der Waals surface area contributed by atoms with Gasteiger partial charge in [-0.25, -0.2) is 0 Å². The first-order valence-corrected chi connectivity index (χ1v) is 11.1. The maximum atomic E-state index is 12.7. The fourth-order valence-electron chi connectivity index (χ4n) is 3.23. The largest absolute Gasteiger partial charge is 0.332 e. The van der Waals surface area contributed by atoms with Crippen molar-refractivity contribution in [1.82, 2.24) is 15.1 Å². The van der Waals surface area contributed by atoms with Gasteiger partial charge < -0.3 is 15.1 Å². The summed E-state index contributed by atoms with van der Waals surface area (Å²) in [5, 5.41) is 12.4. The maximum absolute atomic E-state index is 12.7. The van der Waals surface area contributed by atoms with E-state index in [9.17, 15) is 4.79 Å². The van der Waals surface area contributed by atoms with Crippen molar-refractivity contribution in [2.45, 2.75) is 37.3 Å². The number of nitrogens with one attached hydrogen (secondary N) is 2. The van der Waals surface area contributed by atoms with Crippen molar-refractivity contribution in [3.8, 4) is 0 Å². The lowest BCUT2D eigenvalue weighted by Crippen LogP contribution is -3.14. The van der Waals surface area contributed by atoms with E-state index in [0.717, 1.165) is 47.9 Å². The second kappa shape index (κ2) is 9.03. The van der Waals surface area contributed by atoms with Crippen LogP contribution in [-0.2, 0) is 4.79 Å². The third-order valence-corrected chi connectivity index (χ3v) is 6.95. The van der Waals surface area contributed by atoms with Crippen LogP contribution in [0.2, 0.25) is 0 Å². The second-order valence-electron chi connectivity index (χ2n) is 7.01. The molecule has 0 unspecified atom stereocenters. The maximum Gasteiger partial charge on any atom is 0.236 e. The van der Waals surface area contributed by atoms with Crippen LogP contribution in [0.5, 0.6) is 0 Å². The van der Waals surface area contributed by atoms with Crippen LogP contribution in [-0.4, -0.2) is 59.0 Å². The summed E-state index contributed by atoms with van der Waals surface area (Å²) in [6, 6.07) is 6.27. The molecule has 1 aromatic heterocycles. The van der Waals surface area contributed by atoms with Gasteiger partial charge in [-0.2, -0.15) is 0 Å². The van der Waals surface area contributed by atoms with Gasteiger partial charge in [0, 0.05) is 5.69 Å². The summed E-state index contributed by atoms with van der Waals surface area (Å²) in [4.78, 5) is 16.3. The number of hydrogen-bond acceptors (Lipinski definition) is 6. The van der Waals surface area contributed by atoms with Crippen molar-refractivity contribution in [3.05, 3.63) is 29.3 Å². The van der Waals surface area contributed by atoms with Crippen molar-refractivity contribution in [1.29, 1.82) is 0 Å². The molecule has 0 spiro atoms. The molecule has 1 atom stereocenters. The summed E-state index contributed by atoms with van der Waals surface area (Å²) < 4.78 is 0.820. The summed E-state index contributed by atoms with van der Waals surface area (Å²) in [5.41, 5.74) is 3.45. The SMILES string of the molecule is CC[NH+]1CCN(C(=O)[C@H](C)Sc2nnc(Nc3ccc(C)cc3C)s2)CC1. The summed E-state index contributed by atoms with van der Waals surface area (Å²) >= 11 is 2.99. The number of quaternary nitrogens is 1. The number of benzene rings is 1. The number of carbonyl (C=O) groups excluding carboxylic acids is 1. The van der Waals surface area contributed by atoms with Crippen LogP contribution in [0, 0.1) is 13.8 Å². The Kier molecular flexibility index (Phi) is 6.73. The van der Waals surface area contributed by atoms with Gasteiger partial charge in [-0.3, -0.25) is 4.79 Å². The molecule has 2 heterocycles. The minimum atomic E-state index is -0.143. The van der Waals surface area contributed by atoms with Crippen molar-refractivity contribution in [2.24, 2.45) is 0 Å². The highest BCUT2D eigenvalue weighted by molar-refractivity contribution is 8.02. The topological polar surface area (TPSA) is 62.6 Å².